The first-order valence-corrected chi connectivity index (χ1v) is 10.7. The van der Waals surface area contributed by atoms with Crippen LogP contribution in [-0.2, 0) is 19.4 Å². The first-order valence-electron chi connectivity index (χ1n) is 10.7. The minimum atomic E-state index is -0.983. The van der Waals surface area contributed by atoms with Crippen LogP contribution in [0.2, 0.25) is 0 Å². The Morgan fingerprint density at radius 3 is 2.42 bits per heavy atom. The summed E-state index contributed by atoms with van der Waals surface area (Å²) < 4.78 is 3.31. The molecular weight excluding hydrogens is 420 g/mol. The number of hydrogen-bond donors (Lipinski definition) is 2. The number of carbonyl (C=O) groups is 1. The summed E-state index contributed by atoms with van der Waals surface area (Å²) in [5.41, 5.74) is 5.34. The first-order chi connectivity index (χ1) is 16.1. The number of fused-ring (bicyclic) bond motifs is 1. The summed E-state index contributed by atoms with van der Waals surface area (Å²) in [4.78, 5) is 16.6. The van der Waals surface area contributed by atoms with Gasteiger partial charge in [0.2, 0.25) is 5.82 Å². The first kappa shape index (κ1) is 20.6. The Kier molecular flexibility index (Phi) is 5.17. The summed E-state index contributed by atoms with van der Waals surface area (Å²) in [5.74, 6) is 0.238. The third-order valence-corrected chi connectivity index (χ3v) is 5.66. The molecule has 10 nitrogen and oxygen atoms in total. The van der Waals surface area contributed by atoms with Crippen LogP contribution in [0.1, 0.15) is 41.3 Å². The van der Waals surface area contributed by atoms with Crippen LogP contribution in [0.3, 0.4) is 0 Å². The highest BCUT2D eigenvalue weighted by Crippen LogP contribution is 2.30. The summed E-state index contributed by atoms with van der Waals surface area (Å²) >= 11 is 0. The molecule has 0 bridgehead atoms. The van der Waals surface area contributed by atoms with E-state index in [1.165, 1.54) is 0 Å². The van der Waals surface area contributed by atoms with Crippen LogP contribution in [0.25, 0.3) is 28.2 Å². The van der Waals surface area contributed by atoms with Gasteiger partial charge in [0.15, 0.2) is 17.2 Å². The highest BCUT2D eigenvalue weighted by atomic mass is 16.4. The van der Waals surface area contributed by atoms with Gasteiger partial charge in [-0.3, -0.25) is 4.68 Å². The number of tetrazole rings is 1. The van der Waals surface area contributed by atoms with Gasteiger partial charge in [-0.1, -0.05) is 62.4 Å². The fourth-order valence-electron chi connectivity index (χ4n) is 4.09. The Morgan fingerprint density at radius 1 is 1.03 bits per heavy atom. The molecule has 3 heterocycles. The number of nitrogens with zero attached hydrogens (tertiary/aromatic N) is 7. The van der Waals surface area contributed by atoms with Gasteiger partial charge in [-0.2, -0.15) is 9.84 Å². The third-order valence-electron chi connectivity index (χ3n) is 5.66. The van der Waals surface area contributed by atoms with E-state index in [1.807, 2.05) is 62.4 Å². The Morgan fingerprint density at radius 2 is 1.79 bits per heavy atom. The fraction of sp³-hybridized carbons (Fsp3) is 0.217. The van der Waals surface area contributed by atoms with Gasteiger partial charge in [0.1, 0.15) is 0 Å². The monoisotopic (exact) mass is 442 g/mol. The molecule has 0 atom stereocenters. The maximum atomic E-state index is 12.1. The van der Waals surface area contributed by atoms with Crippen molar-refractivity contribution in [2.45, 2.75) is 33.2 Å². The summed E-state index contributed by atoms with van der Waals surface area (Å²) in [7, 11) is 0. The Labute approximate surface area is 188 Å². The molecule has 166 valence electrons. The lowest BCUT2D eigenvalue weighted by atomic mass is 9.98. The lowest BCUT2D eigenvalue weighted by molar-refractivity contribution is 0.0681. The van der Waals surface area contributed by atoms with Crippen molar-refractivity contribution in [1.82, 2.24) is 40.0 Å². The molecule has 0 aliphatic rings. The average Bonchev–Trinajstić information content (AvgIpc) is 3.56. The highest BCUT2D eigenvalue weighted by molar-refractivity contribution is 5.90. The predicted octanol–water partition coefficient (Wildman–Crippen LogP) is 3.25. The molecule has 2 aromatic carbocycles. The van der Waals surface area contributed by atoms with Crippen LogP contribution in [0.5, 0.6) is 0 Å². The Bertz CT molecular complexity index is 1430. The number of H-pyrrole nitrogens is 1. The van der Waals surface area contributed by atoms with Gasteiger partial charge in [-0.25, -0.2) is 9.78 Å². The van der Waals surface area contributed by atoms with Crippen molar-refractivity contribution in [3.8, 4) is 22.5 Å². The number of hydrogen-bond acceptors (Lipinski definition) is 6. The molecule has 0 radical (unpaired) electrons. The summed E-state index contributed by atoms with van der Waals surface area (Å²) in [6.45, 7) is 4.27. The zero-order chi connectivity index (χ0) is 22.9. The van der Waals surface area contributed by atoms with E-state index >= 15 is 0 Å². The van der Waals surface area contributed by atoms with Crippen molar-refractivity contribution < 1.29 is 9.90 Å². The van der Waals surface area contributed by atoms with E-state index in [2.05, 4.69) is 30.7 Å². The van der Waals surface area contributed by atoms with Crippen LogP contribution in [0.15, 0.2) is 48.5 Å². The van der Waals surface area contributed by atoms with Crippen molar-refractivity contribution in [1.29, 1.82) is 0 Å². The molecule has 5 rings (SSSR count). The van der Waals surface area contributed by atoms with Gasteiger partial charge in [-0.15, -0.1) is 15.3 Å². The van der Waals surface area contributed by atoms with Crippen molar-refractivity contribution in [2.24, 2.45) is 0 Å². The number of aromatic carboxylic acids is 1. The SMILES string of the molecule is CCc1nc2c(CC)c(C(=O)O)n(Cc3ccc(-c4ccccc4-c4nn[nH]n4)cc3)n2n1. The molecule has 0 saturated heterocycles. The summed E-state index contributed by atoms with van der Waals surface area (Å²) in [6.07, 6.45) is 1.24. The van der Waals surface area contributed by atoms with E-state index < -0.39 is 5.97 Å². The van der Waals surface area contributed by atoms with Crippen LogP contribution in [0, 0.1) is 0 Å². The number of carboxylic acid groups (broad SMARTS) is 1. The normalized spacial score (nSPS) is 11.3. The van der Waals surface area contributed by atoms with Crippen molar-refractivity contribution in [3.63, 3.8) is 0 Å². The molecule has 2 N–H and O–H groups in total. The second kappa shape index (κ2) is 8.30. The summed E-state index contributed by atoms with van der Waals surface area (Å²) in [5, 5.41) is 28.8. The van der Waals surface area contributed by atoms with E-state index in [9.17, 15) is 9.90 Å². The lowest BCUT2D eigenvalue weighted by Crippen LogP contribution is -2.16. The molecule has 0 unspecified atom stereocenters. The standard InChI is InChI=1S/C23H22N8O2/c1-3-16-20(23(32)33)30(31-22(16)24-19(4-2)27-31)13-14-9-11-15(12-10-14)17-7-5-6-8-18(17)21-25-28-29-26-21/h5-12H,3-4,13H2,1-2H3,(H,32,33)(H,25,26,28,29). The topological polar surface area (TPSA) is 127 Å². The molecule has 0 saturated carbocycles. The zero-order valence-corrected chi connectivity index (χ0v) is 18.2. The van der Waals surface area contributed by atoms with E-state index in [0.29, 0.717) is 42.2 Å². The molecule has 0 spiro atoms. The van der Waals surface area contributed by atoms with Gasteiger partial charge in [0.05, 0.1) is 6.54 Å². The zero-order valence-electron chi connectivity index (χ0n) is 18.2. The molecule has 0 fully saturated rings. The van der Waals surface area contributed by atoms with Gasteiger partial charge in [0.25, 0.3) is 0 Å². The molecule has 10 heteroatoms. The van der Waals surface area contributed by atoms with E-state index in [4.69, 9.17) is 0 Å². The van der Waals surface area contributed by atoms with E-state index in [1.54, 1.807) is 9.31 Å². The number of aromatic amines is 1. The maximum absolute atomic E-state index is 12.1. The molecule has 5 aromatic rings. The van der Waals surface area contributed by atoms with Crippen LogP contribution >= 0.6 is 0 Å². The van der Waals surface area contributed by atoms with E-state index in [0.717, 1.165) is 22.3 Å². The predicted molar refractivity (Wildman–Crippen MR) is 121 cm³/mol. The molecule has 0 aliphatic carbocycles. The van der Waals surface area contributed by atoms with Crippen LogP contribution in [-0.4, -0.2) is 51.1 Å². The summed E-state index contributed by atoms with van der Waals surface area (Å²) in [6, 6.07) is 15.9. The van der Waals surface area contributed by atoms with Crippen molar-refractivity contribution in [2.75, 3.05) is 0 Å². The second-order valence-corrected chi connectivity index (χ2v) is 7.62. The maximum Gasteiger partial charge on any atom is 0.354 e. The number of rotatable bonds is 7. The molecule has 0 amide bonds. The largest absolute Gasteiger partial charge is 0.477 e. The third kappa shape index (κ3) is 3.55. The lowest BCUT2D eigenvalue weighted by Gasteiger charge is -2.10. The smallest absolute Gasteiger partial charge is 0.354 e. The number of nitrogens with one attached hydrogen (secondary N) is 1. The van der Waals surface area contributed by atoms with E-state index in [-0.39, 0.29) is 5.69 Å². The van der Waals surface area contributed by atoms with Gasteiger partial charge in [-0.05, 0) is 28.3 Å². The van der Waals surface area contributed by atoms with Crippen LogP contribution < -0.4 is 0 Å². The average molecular weight is 442 g/mol. The minimum Gasteiger partial charge on any atom is -0.477 e. The Hall–Kier alpha value is -4.34. The fourth-order valence-corrected chi connectivity index (χ4v) is 4.09. The van der Waals surface area contributed by atoms with Crippen molar-refractivity contribution >= 4 is 11.6 Å². The second-order valence-electron chi connectivity index (χ2n) is 7.62. The number of benzene rings is 2. The number of aryl methyl sites for hydroxylation is 2. The highest BCUT2D eigenvalue weighted by Gasteiger charge is 2.24. The van der Waals surface area contributed by atoms with Gasteiger partial charge >= 0.3 is 5.97 Å². The number of carboxylic acids is 1. The van der Waals surface area contributed by atoms with Crippen LogP contribution in [0.4, 0.5) is 0 Å². The van der Waals surface area contributed by atoms with Gasteiger partial charge < -0.3 is 5.11 Å². The number of aromatic nitrogens is 8. The quantitative estimate of drug-likeness (QED) is 0.396. The minimum absolute atomic E-state index is 0.224. The van der Waals surface area contributed by atoms with Gasteiger partial charge in [0, 0.05) is 17.5 Å². The molecule has 3 aromatic heterocycles. The Balaban J connectivity index is 1.53. The molecule has 0 aliphatic heterocycles. The molecular formula is C23H22N8O2. The molecule has 33 heavy (non-hydrogen) atoms. The van der Waals surface area contributed by atoms with Crippen molar-refractivity contribution in [3.05, 3.63) is 71.2 Å².